The molecule has 1 amide bonds. The van der Waals surface area contributed by atoms with Gasteiger partial charge in [0.15, 0.2) is 0 Å². The first-order valence-corrected chi connectivity index (χ1v) is 6.89. The lowest BCUT2D eigenvalue weighted by molar-refractivity contribution is 0.0748. The van der Waals surface area contributed by atoms with E-state index in [1.807, 2.05) is 41.3 Å². The number of hydrogen-bond donors (Lipinski definition) is 1. The fraction of sp³-hybridized carbons (Fsp3) is 0.235. The Kier molecular flexibility index (Phi) is 3.42. The highest BCUT2D eigenvalue weighted by atomic mass is 16.3. The highest BCUT2D eigenvalue weighted by Crippen LogP contribution is 2.23. The topological polar surface area (TPSA) is 40.5 Å². The predicted octanol–water partition coefficient (Wildman–Crippen LogP) is 2.98. The van der Waals surface area contributed by atoms with Gasteiger partial charge in [-0.1, -0.05) is 36.4 Å². The molecule has 3 heteroatoms. The maximum atomic E-state index is 12.6. The number of aryl methyl sites for hydroxylation is 1. The normalized spacial score (nSPS) is 14.8. The smallest absolute Gasteiger partial charge is 0.254 e. The van der Waals surface area contributed by atoms with Crippen LogP contribution in [0.1, 0.15) is 27.9 Å². The van der Waals surface area contributed by atoms with Crippen molar-refractivity contribution < 1.29 is 9.90 Å². The van der Waals surface area contributed by atoms with Crippen molar-refractivity contribution in [2.45, 2.75) is 19.4 Å². The number of carbonyl (C=O) groups excluding carboxylic acids is 1. The van der Waals surface area contributed by atoms with Crippen LogP contribution in [0.25, 0.3) is 0 Å². The second-order valence-electron chi connectivity index (χ2n) is 5.16. The van der Waals surface area contributed by atoms with E-state index in [-0.39, 0.29) is 11.7 Å². The van der Waals surface area contributed by atoms with Crippen LogP contribution in [0.3, 0.4) is 0 Å². The van der Waals surface area contributed by atoms with E-state index < -0.39 is 0 Å². The zero-order valence-electron chi connectivity index (χ0n) is 11.2. The quantitative estimate of drug-likeness (QED) is 0.908. The Morgan fingerprint density at radius 1 is 1.10 bits per heavy atom. The van der Waals surface area contributed by atoms with Crippen LogP contribution in [0.4, 0.5) is 0 Å². The summed E-state index contributed by atoms with van der Waals surface area (Å²) in [6.45, 7) is 1.37. The first-order valence-electron chi connectivity index (χ1n) is 6.89. The van der Waals surface area contributed by atoms with Crippen molar-refractivity contribution in [1.82, 2.24) is 4.90 Å². The Morgan fingerprint density at radius 2 is 1.90 bits per heavy atom. The fourth-order valence-corrected chi connectivity index (χ4v) is 2.67. The molecule has 2 aromatic carbocycles. The Hall–Kier alpha value is -2.29. The number of rotatable bonds is 2. The van der Waals surface area contributed by atoms with Crippen LogP contribution in [-0.4, -0.2) is 22.5 Å². The fourth-order valence-electron chi connectivity index (χ4n) is 2.67. The average molecular weight is 267 g/mol. The van der Waals surface area contributed by atoms with Crippen LogP contribution in [0, 0.1) is 0 Å². The number of benzene rings is 2. The highest BCUT2D eigenvalue weighted by molar-refractivity contribution is 5.96. The summed E-state index contributed by atoms with van der Waals surface area (Å²) in [4.78, 5) is 14.5. The predicted molar refractivity (Wildman–Crippen MR) is 77.6 cm³/mol. The molecule has 1 heterocycles. The van der Waals surface area contributed by atoms with Crippen molar-refractivity contribution in [3.05, 3.63) is 65.2 Å². The standard InChI is InChI=1S/C17H17NO2/c19-15-9-8-14-7-4-10-18(17(20)16(14)11-15)12-13-5-2-1-3-6-13/h1-3,5-6,8-9,11,19H,4,7,10,12H2. The minimum Gasteiger partial charge on any atom is -0.508 e. The van der Waals surface area contributed by atoms with Gasteiger partial charge in [0.2, 0.25) is 0 Å². The summed E-state index contributed by atoms with van der Waals surface area (Å²) in [6, 6.07) is 15.1. The van der Waals surface area contributed by atoms with Gasteiger partial charge in [-0.2, -0.15) is 0 Å². The van der Waals surface area contributed by atoms with Crippen molar-refractivity contribution in [3.8, 4) is 5.75 Å². The molecule has 0 saturated carbocycles. The maximum absolute atomic E-state index is 12.6. The van der Waals surface area contributed by atoms with Gasteiger partial charge in [0.1, 0.15) is 5.75 Å². The summed E-state index contributed by atoms with van der Waals surface area (Å²) in [5, 5.41) is 9.60. The SMILES string of the molecule is O=C1c2cc(O)ccc2CCCN1Cc1ccccc1. The summed E-state index contributed by atoms with van der Waals surface area (Å²) in [7, 11) is 0. The molecular weight excluding hydrogens is 250 g/mol. The van der Waals surface area contributed by atoms with E-state index in [0.29, 0.717) is 12.1 Å². The van der Waals surface area contributed by atoms with Gasteiger partial charge in [-0.05, 0) is 36.1 Å². The molecule has 0 saturated heterocycles. The molecule has 0 spiro atoms. The van der Waals surface area contributed by atoms with E-state index in [1.165, 1.54) is 0 Å². The van der Waals surface area contributed by atoms with Gasteiger partial charge >= 0.3 is 0 Å². The molecule has 1 N–H and O–H groups in total. The number of phenolic OH excluding ortho intramolecular Hbond substituents is 1. The molecule has 0 unspecified atom stereocenters. The molecule has 0 bridgehead atoms. The second-order valence-corrected chi connectivity index (χ2v) is 5.16. The highest BCUT2D eigenvalue weighted by Gasteiger charge is 2.22. The van der Waals surface area contributed by atoms with Gasteiger partial charge < -0.3 is 10.0 Å². The van der Waals surface area contributed by atoms with Crippen LogP contribution in [-0.2, 0) is 13.0 Å². The molecule has 0 fully saturated rings. The van der Waals surface area contributed by atoms with E-state index in [1.54, 1.807) is 12.1 Å². The summed E-state index contributed by atoms with van der Waals surface area (Å²) < 4.78 is 0. The molecule has 2 aromatic rings. The Balaban J connectivity index is 1.89. The molecule has 0 aromatic heterocycles. The van der Waals surface area contributed by atoms with E-state index in [2.05, 4.69) is 0 Å². The Labute approximate surface area is 118 Å². The minimum atomic E-state index is 0.0113. The summed E-state index contributed by atoms with van der Waals surface area (Å²) >= 11 is 0. The van der Waals surface area contributed by atoms with Gasteiger partial charge in [-0.25, -0.2) is 0 Å². The van der Waals surface area contributed by atoms with Gasteiger partial charge in [-0.15, -0.1) is 0 Å². The van der Waals surface area contributed by atoms with Crippen LogP contribution >= 0.6 is 0 Å². The lowest BCUT2D eigenvalue weighted by Crippen LogP contribution is -2.30. The molecule has 102 valence electrons. The molecule has 3 nitrogen and oxygen atoms in total. The van der Waals surface area contributed by atoms with E-state index in [0.717, 1.165) is 30.5 Å². The van der Waals surface area contributed by atoms with Gasteiger partial charge in [0.25, 0.3) is 5.91 Å². The molecule has 0 aliphatic carbocycles. The molecule has 0 radical (unpaired) electrons. The third-order valence-electron chi connectivity index (χ3n) is 3.70. The molecule has 20 heavy (non-hydrogen) atoms. The number of aromatic hydroxyl groups is 1. The van der Waals surface area contributed by atoms with E-state index in [4.69, 9.17) is 0 Å². The number of nitrogens with zero attached hydrogens (tertiary/aromatic N) is 1. The second kappa shape index (κ2) is 5.37. The van der Waals surface area contributed by atoms with Crippen LogP contribution in [0.5, 0.6) is 5.75 Å². The summed E-state index contributed by atoms with van der Waals surface area (Å²) in [5.41, 5.74) is 2.80. The molecule has 1 aliphatic heterocycles. The first kappa shape index (κ1) is 12.7. The van der Waals surface area contributed by atoms with Gasteiger partial charge in [0.05, 0.1) is 0 Å². The largest absolute Gasteiger partial charge is 0.508 e. The van der Waals surface area contributed by atoms with Crippen molar-refractivity contribution in [1.29, 1.82) is 0 Å². The van der Waals surface area contributed by atoms with Crippen LogP contribution < -0.4 is 0 Å². The van der Waals surface area contributed by atoms with E-state index in [9.17, 15) is 9.90 Å². The summed E-state index contributed by atoms with van der Waals surface area (Å²) in [6.07, 6.45) is 1.84. The third-order valence-corrected chi connectivity index (χ3v) is 3.70. The number of fused-ring (bicyclic) bond motifs is 1. The molecular formula is C17H17NO2. The van der Waals surface area contributed by atoms with Crippen molar-refractivity contribution in [3.63, 3.8) is 0 Å². The van der Waals surface area contributed by atoms with Gasteiger partial charge in [-0.3, -0.25) is 4.79 Å². The number of phenols is 1. The average Bonchev–Trinajstić information content (AvgIpc) is 2.61. The van der Waals surface area contributed by atoms with Crippen molar-refractivity contribution in [2.75, 3.05) is 6.54 Å². The lowest BCUT2D eigenvalue weighted by Gasteiger charge is -2.21. The van der Waals surface area contributed by atoms with Crippen LogP contribution in [0.15, 0.2) is 48.5 Å². The van der Waals surface area contributed by atoms with E-state index >= 15 is 0 Å². The Bertz CT molecular complexity index is 622. The molecule has 1 aliphatic rings. The monoisotopic (exact) mass is 267 g/mol. The number of amides is 1. The maximum Gasteiger partial charge on any atom is 0.254 e. The van der Waals surface area contributed by atoms with Crippen LogP contribution in [0.2, 0.25) is 0 Å². The zero-order valence-corrected chi connectivity index (χ0v) is 11.2. The Morgan fingerprint density at radius 3 is 2.70 bits per heavy atom. The first-order chi connectivity index (χ1) is 9.74. The minimum absolute atomic E-state index is 0.0113. The number of hydrogen-bond acceptors (Lipinski definition) is 2. The molecule has 0 atom stereocenters. The van der Waals surface area contributed by atoms with Crippen molar-refractivity contribution >= 4 is 5.91 Å². The van der Waals surface area contributed by atoms with Gasteiger partial charge in [0, 0.05) is 18.7 Å². The molecule has 3 rings (SSSR count). The summed E-state index contributed by atoms with van der Waals surface area (Å²) in [5.74, 6) is 0.163. The zero-order chi connectivity index (χ0) is 13.9. The third kappa shape index (κ3) is 2.52. The lowest BCUT2D eigenvalue weighted by atomic mass is 10.0. The number of carbonyl (C=O) groups is 1. The van der Waals surface area contributed by atoms with Crippen molar-refractivity contribution in [2.24, 2.45) is 0 Å².